The summed E-state index contributed by atoms with van der Waals surface area (Å²) in [5.74, 6) is 0.465. The Morgan fingerprint density at radius 2 is 2.10 bits per heavy atom. The zero-order chi connectivity index (χ0) is 15.4. The lowest BCUT2D eigenvalue weighted by atomic mass is 10.1. The fourth-order valence-electron chi connectivity index (χ4n) is 2.15. The van der Waals surface area contributed by atoms with Crippen LogP contribution in [0.1, 0.15) is 34.1 Å². The van der Waals surface area contributed by atoms with Crippen LogP contribution in [0.2, 0.25) is 0 Å². The highest BCUT2D eigenvalue weighted by atomic mass is 16.5. The van der Waals surface area contributed by atoms with Crippen LogP contribution in [-0.4, -0.2) is 34.5 Å². The topological polar surface area (TPSA) is 66.2 Å². The SMILES string of the molecule is CCOC(=O)c1cnn(Cc2ncc(C)c(OC)c2C)c1. The first kappa shape index (κ1) is 15.0. The van der Waals surface area contributed by atoms with E-state index in [-0.39, 0.29) is 5.97 Å². The third-order valence-electron chi connectivity index (χ3n) is 3.21. The Balaban J connectivity index is 2.21. The summed E-state index contributed by atoms with van der Waals surface area (Å²) in [5.41, 5.74) is 3.27. The van der Waals surface area contributed by atoms with E-state index in [9.17, 15) is 4.79 Å². The highest BCUT2D eigenvalue weighted by Crippen LogP contribution is 2.24. The van der Waals surface area contributed by atoms with E-state index >= 15 is 0 Å². The van der Waals surface area contributed by atoms with Crippen LogP contribution < -0.4 is 4.74 Å². The number of aromatic nitrogens is 3. The van der Waals surface area contributed by atoms with Gasteiger partial charge in [0, 0.05) is 23.5 Å². The molecule has 21 heavy (non-hydrogen) atoms. The summed E-state index contributed by atoms with van der Waals surface area (Å²) in [6, 6.07) is 0. The summed E-state index contributed by atoms with van der Waals surface area (Å²) in [5, 5.41) is 4.17. The van der Waals surface area contributed by atoms with Crippen LogP contribution in [0.25, 0.3) is 0 Å². The van der Waals surface area contributed by atoms with Gasteiger partial charge < -0.3 is 9.47 Å². The van der Waals surface area contributed by atoms with Crippen LogP contribution in [0.5, 0.6) is 5.75 Å². The van der Waals surface area contributed by atoms with Gasteiger partial charge in [-0.2, -0.15) is 5.10 Å². The van der Waals surface area contributed by atoms with Gasteiger partial charge in [-0.1, -0.05) is 0 Å². The summed E-state index contributed by atoms with van der Waals surface area (Å²) in [6.45, 7) is 6.51. The Labute approximate surface area is 123 Å². The molecule has 0 radical (unpaired) electrons. The molecular formula is C15H19N3O3. The lowest BCUT2D eigenvalue weighted by Crippen LogP contribution is -2.07. The maximum Gasteiger partial charge on any atom is 0.341 e. The molecular weight excluding hydrogens is 270 g/mol. The lowest BCUT2D eigenvalue weighted by molar-refractivity contribution is 0.0526. The van der Waals surface area contributed by atoms with E-state index in [2.05, 4.69) is 10.1 Å². The number of aryl methyl sites for hydroxylation is 1. The van der Waals surface area contributed by atoms with Crippen molar-refractivity contribution in [3.63, 3.8) is 0 Å². The number of ether oxygens (including phenoxy) is 2. The van der Waals surface area contributed by atoms with Crippen molar-refractivity contribution in [1.29, 1.82) is 0 Å². The number of hydrogen-bond acceptors (Lipinski definition) is 5. The van der Waals surface area contributed by atoms with E-state index in [4.69, 9.17) is 9.47 Å². The van der Waals surface area contributed by atoms with Gasteiger partial charge in [0.1, 0.15) is 5.75 Å². The molecule has 0 aromatic carbocycles. The quantitative estimate of drug-likeness (QED) is 0.789. The molecule has 0 atom stereocenters. The van der Waals surface area contributed by atoms with Crippen LogP contribution in [0.15, 0.2) is 18.6 Å². The number of rotatable bonds is 5. The van der Waals surface area contributed by atoms with Crippen molar-refractivity contribution in [1.82, 2.24) is 14.8 Å². The monoisotopic (exact) mass is 289 g/mol. The molecule has 2 rings (SSSR count). The van der Waals surface area contributed by atoms with Crippen molar-refractivity contribution >= 4 is 5.97 Å². The van der Waals surface area contributed by atoms with Crippen molar-refractivity contribution < 1.29 is 14.3 Å². The van der Waals surface area contributed by atoms with E-state index in [1.54, 1.807) is 31.1 Å². The van der Waals surface area contributed by atoms with E-state index in [1.165, 1.54) is 6.20 Å². The Bertz CT molecular complexity index is 650. The standard InChI is InChI=1S/C15H19N3O3/c1-5-21-15(19)12-7-17-18(8-12)9-13-11(3)14(20-4)10(2)6-16-13/h6-8H,5,9H2,1-4H3. The lowest BCUT2D eigenvalue weighted by Gasteiger charge is -2.12. The fourth-order valence-corrected chi connectivity index (χ4v) is 2.15. The molecule has 0 N–H and O–H groups in total. The molecule has 0 bridgehead atoms. The average Bonchev–Trinajstić information content (AvgIpc) is 2.92. The first-order chi connectivity index (χ1) is 10.1. The smallest absolute Gasteiger partial charge is 0.341 e. The molecule has 0 unspecified atom stereocenters. The molecule has 0 aliphatic heterocycles. The first-order valence-electron chi connectivity index (χ1n) is 6.75. The van der Waals surface area contributed by atoms with Gasteiger partial charge in [-0.05, 0) is 20.8 Å². The zero-order valence-corrected chi connectivity index (χ0v) is 12.7. The predicted octanol–water partition coefficient (Wildman–Crippen LogP) is 2.13. The third-order valence-corrected chi connectivity index (χ3v) is 3.21. The van der Waals surface area contributed by atoms with E-state index in [1.807, 2.05) is 13.8 Å². The Hall–Kier alpha value is -2.37. The Morgan fingerprint density at radius 3 is 2.76 bits per heavy atom. The fraction of sp³-hybridized carbons (Fsp3) is 0.400. The number of methoxy groups -OCH3 is 1. The molecule has 2 heterocycles. The number of carbonyl (C=O) groups excluding carboxylic acids is 1. The second-order valence-corrected chi connectivity index (χ2v) is 4.69. The summed E-state index contributed by atoms with van der Waals surface area (Å²) in [6.07, 6.45) is 4.93. The van der Waals surface area contributed by atoms with Crippen molar-refractivity contribution in [3.8, 4) is 5.75 Å². The highest BCUT2D eigenvalue weighted by Gasteiger charge is 2.13. The number of esters is 1. The highest BCUT2D eigenvalue weighted by molar-refractivity contribution is 5.88. The summed E-state index contributed by atoms with van der Waals surface area (Å²) < 4.78 is 12.0. The number of carbonyl (C=O) groups is 1. The minimum atomic E-state index is -0.366. The summed E-state index contributed by atoms with van der Waals surface area (Å²) in [4.78, 5) is 16.0. The summed E-state index contributed by atoms with van der Waals surface area (Å²) >= 11 is 0. The Morgan fingerprint density at radius 1 is 1.33 bits per heavy atom. The van der Waals surface area contributed by atoms with Crippen molar-refractivity contribution in [3.05, 3.63) is 41.0 Å². The normalized spacial score (nSPS) is 10.5. The maximum atomic E-state index is 11.6. The molecule has 0 fully saturated rings. The average molecular weight is 289 g/mol. The van der Waals surface area contributed by atoms with Gasteiger partial charge in [0.05, 0.1) is 37.7 Å². The molecule has 0 amide bonds. The van der Waals surface area contributed by atoms with Crippen LogP contribution in [-0.2, 0) is 11.3 Å². The van der Waals surface area contributed by atoms with Gasteiger partial charge in [-0.25, -0.2) is 4.79 Å². The van der Waals surface area contributed by atoms with Crippen molar-refractivity contribution in [2.45, 2.75) is 27.3 Å². The molecule has 0 aliphatic rings. The second kappa shape index (κ2) is 6.39. The van der Waals surface area contributed by atoms with Crippen molar-refractivity contribution in [2.75, 3.05) is 13.7 Å². The predicted molar refractivity (Wildman–Crippen MR) is 77.5 cm³/mol. The van der Waals surface area contributed by atoms with E-state index in [0.717, 1.165) is 22.6 Å². The molecule has 112 valence electrons. The van der Waals surface area contributed by atoms with Gasteiger partial charge in [0.25, 0.3) is 0 Å². The van der Waals surface area contributed by atoms with Crippen molar-refractivity contribution in [2.24, 2.45) is 0 Å². The van der Waals surface area contributed by atoms with Gasteiger partial charge in [-0.15, -0.1) is 0 Å². The van der Waals surface area contributed by atoms with Gasteiger partial charge in [0.15, 0.2) is 0 Å². The van der Waals surface area contributed by atoms with Gasteiger partial charge in [0.2, 0.25) is 0 Å². The first-order valence-corrected chi connectivity index (χ1v) is 6.75. The molecule has 2 aromatic heterocycles. The van der Waals surface area contributed by atoms with E-state index in [0.29, 0.717) is 18.7 Å². The van der Waals surface area contributed by atoms with E-state index < -0.39 is 0 Å². The largest absolute Gasteiger partial charge is 0.496 e. The number of nitrogens with zero attached hydrogens (tertiary/aromatic N) is 3. The minimum absolute atomic E-state index is 0.347. The Kier molecular flexibility index (Phi) is 4.57. The minimum Gasteiger partial charge on any atom is -0.496 e. The molecule has 6 nitrogen and oxygen atoms in total. The molecule has 0 saturated carbocycles. The number of hydrogen-bond donors (Lipinski definition) is 0. The summed E-state index contributed by atoms with van der Waals surface area (Å²) in [7, 11) is 1.64. The van der Waals surface area contributed by atoms with Crippen LogP contribution in [0.4, 0.5) is 0 Å². The van der Waals surface area contributed by atoms with Crippen LogP contribution in [0, 0.1) is 13.8 Å². The van der Waals surface area contributed by atoms with Gasteiger partial charge >= 0.3 is 5.97 Å². The third kappa shape index (κ3) is 3.21. The number of pyridine rings is 1. The van der Waals surface area contributed by atoms with Crippen LogP contribution >= 0.6 is 0 Å². The molecule has 2 aromatic rings. The molecule has 0 spiro atoms. The molecule has 0 saturated heterocycles. The maximum absolute atomic E-state index is 11.6. The zero-order valence-electron chi connectivity index (χ0n) is 12.7. The molecule has 0 aliphatic carbocycles. The van der Waals surface area contributed by atoms with Crippen LogP contribution in [0.3, 0.4) is 0 Å². The molecule has 6 heteroatoms. The van der Waals surface area contributed by atoms with Gasteiger partial charge in [-0.3, -0.25) is 9.67 Å². The second-order valence-electron chi connectivity index (χ2n) is 4.69.